The number of fused-ring (bicyclic) bond motifs is 1. The van der Waals surface area contributed by atoms with E-state index < -0.39 is 0 Å². The monoisotopic (exact) mass is 250 g/mol. The maximum absolute atomic E-state index is 9.34. The Morgan fingerprint density at radius 2 is 2.00 bits per heavy atom. The van der Waals surface area contributed by atoms with Crippen molar-refractivity contribution < 1.29 is 5.11 Å². The number of nitrogens with one attached hydrogen (secondary N) is 1. The van der Waals surface area contributed by atoms with Crippen LogP contribution in [0.5, 0.6) is 5.75 Å². The zero-order chi connectivity index (χ0) is 13.4. The summed E-state index contributed by atoms with van der Waals surface area (Å²) in [5.41, 5.74) is 3.41. The molecule has 0 spiro atoms. The first-order chi connectivity index (χ1) is 9.20. The lowest BCUT2D eigenvalue weighted by Crippen LogP contribution is -1.94. The molecule has 0 amide bonds. The smallest absolute Gasteiger partial charge is 0.156 e. The fourth-order valence-corrected chi connectivity index (χ4v) is 2.08. The molecule has 2 aromatic heterocycles. The SMILES string of the molecule is Cc1c(C#N)c(-c2ccc(O)cc2)nc2[nH]ncc12. The topological polar surface area (TPSA) is 85.6 Å². The lowest BCUT2D eigenvalue weighted by atomic mass is 10.0. The highest BCUT2D eigenvalue weighted by molar-refractivity contribution is 5.85. The summed E-state index contributed by atoms with van der Waals surface area (Å²) in [6, 6.07) is 8.81. The van der Waals surface area contributed by atoms with Gasteiger partial charge in [-0.1, -0.05) is 0 Å². The van der Waals surface area contributed by atoms with E-state index in [0.29, 0.717) is 16.9 Å². The van der Waals surface area contributed by atoms with Crippen LogP contribution in [0, 0.1) is 18.3 Å². The fraction of sp³-hybridized carbons (Fsp3) is 0.0714. The number of phenols is 1. The Morgan fingerprint density at radius 3 is 2.68 bits per heavy atom. The average Bonchev–Trinajstić information content (AvgIpc) is 2.88. The van der Waals surface area contributed by atoms with Gasteiger partial charge in [-0.2, -0.15) is 10.4 Å². The number of benzene rings is 1. The molecule has 3 aromatic rings. The predicted molar refractivity (Wildman–Crippen MR) is 70.4 cm³/mol. The number of H-pyrrole nitrogens is 1. The van der Waals surface area contributed by atoms with E-state index in [0.717, 1.165) is 16.5 Å². The summed E-state index contributed by atoms with van der Waals surface area (Å²) in [7, 11) is 0. The third-order valence-electron chi connectivity index (χ3n) is 3.11. The highest BCUT2D eigenvalue weighted by Gasteiger charge is 2.14. The van der Waals surface area contributed by atoms with Gasteiger partial charge in [-0.15, -0.1) is 0 Å². The molecular formula is C14H10N4O. The predicted octanol–water partition coefficient (Wildman–Crippen LogP) is 2.51. The second kappa shape index (κ2) is 4.10. The number of phenolic OH excluding ortho intramolecular Hbond substituents is 1. The molecule has 0 radical (unpaired) electrons. The minimum absolute atomic E-state index is 0.182. The van der Waals surface area contributed by atoms with Gasteiger partial charge in [0.05, 0.1) is 17.5 Å². The van der Waals surface area contributed by atoms with Crippen LogP contribution in [0.15, 0.2) is 30.5 Å². The summed E-state index contributed by atoms with van der Waals surface area (Å²) in [5.74, 6) is 0.182. The second-order valence-corrected chi connectivity index (χ2v) is 4.25. The van der Waals surface area contributed by atoms with Gasteiger partial charge in [-0.25, -0.2) is 4.98 Å². The molecule has 19 heavy (non-hydrogen) atoms. The van der Waals surface area contributed by atoms with Crippen molar-refractivity contribution in [3.63, 3.8) is 0 Å². The molecular weight excluding hydrogens is 240 g/mol. The van der Waals surface area contributed by atoms with Crippen molar-refractivity contribution >= 4 is 11.0 Å². The van der Waals surface area contributed by atoms with E-state index in [1.54, 1.807) is 30.5 Å². The van der Waals surface area contributed by atoms with Crippen LogP contribution < -0.4 is 0 Å². The van der Waals surface area contributed by atoms with Gasteiger partial charge in [-0.3, -0.25) is 5.10 Å². The third kappa shape index (κ3) is 1.70. The molecule has 0 bridgehead atoms. The summed E-state index contributed by atoms with van der Waals surface area (Å²) >= 11 is 0. The molecule has 0 unspecified atom stereocenters. The standard InChI is InChI=1S/C14H10N4O/c1-8-11(6-15)13(9-2-4-10(19)5-3-9)17-14-12(8)7-16-18-14/h2-5,7,19H,1H3,(H,16,17,18). The van der Waals surface area contributed by atoms with Crippen molar-refractivity contribution in [2.75, 3.05) is 0 Å². The molecule has 0 aliphatic heterocycles. The van der Waals surface area contributed by atoms with Crippen LogP contribution in [-0.2, 0) is 0 Å². The van der Waals surface area contributed by atoms with Crippen LogP contribution in [-0.4, -0.2) is 20.3 Å². The Labute approximate surface area is 109 Å². The summed E-state index contributed by atoms with van der Waals surface area (Å²) < 4.78 is 0. The van der Waals surface area contributed by atoms with Gasteiger partial charge in [0.25, 0.3) is 0 Å². The Hall–Kier alpha value is -2.87. The van der Waals surface area contributed by atoms with Gasteiger partial charge in [0.1, 0.15) is 11.8 Å². The molecule has 0 aliphatic rings. The maximum Gasteiger partial charge on any atom is 0.156 e. The van der Waals surface area contributed by atoms with Crippen molar-refractivity contribution in [3.8, 4) is 23.1 Å². The van der Waals surface area contributed by atoms with Crippen LogP contribution in [0.2, 0.25) is 0 Å². The van der Waals surface area contributed by atoms with E-state index in [1.165, 1.54) is 0 Å². The second-order valence-electron chi connectivity index (χ2n) is 4.25. The van der Waals surface area contributed by atoms with E-state index in [1.807, 2.05) is 6.92 Å². The number of hydrogen-bond acceptors (Lipinski definition) is 4. The number of nitriles is 1. The molecule has 1 aromatic carbocycles. The van der Waals surface area contributed by atoms with Gasteiger partial charge in [0.15, 0.2) is 5.65 Å². The highest BCUT2D eigenvalue weighted by atomic mass is 16.3. The molecule has 2 N–H and O–H groups in total. The zero-order valence-corrected chi connectivity index (χ0v) is 10.2. The van der Waals surface area contributed by atoms with E-state index in [2.05, 4.69) is 21.3 Å². The summed E-state index contributed by atoms with van der Waals surface area (Å²) in [6.07, 6.45) is 1.67. The number of pyridine rings is 1. The van der Waals surface area contributed by atoms with E-state index in [4.69, 9.17) is 0 Å². The van der Waals surface area contributed by atoms with E-state index in [-0.39, 0.29) is 5.75 Å². The van der Waals surface area contributed by atoms with Gasteiger partial charge in [0.2, 0.25) is 0 Å². The average molecular weight is 250 g/mol. The first-order valence-corrected chi connectivity index (χ1v) is 5.74. The molecule has 0 saturated heterocycles. The van der Waals surface area contributed by atoms with E-state index >= 15 is 0 Å². The molecule has 92 valence electrons. The van der Waals surface area contributed by atoms with Gasteiger partial charge in [0, 0.05) is 10.9 Å². The molecule has 5 heteroatoms. The first kappa shape index (κ1) is 11.2. The Kier molecular flexibility index (Phi) is 2.43. The Bertz CT molecular complexity index is 797. The summed E-state index contributed by atoms with van der Waals surface area (Å²) in [4.78, 5) is 4.44. The van der Waals surface area contributed by atoms with Crippen molar-refractivity contribution in [2.24, 2.45) is 0 Å². The summed E-state index contributed by atoms with van der Waals surface area (Å²) in [6.45, 7) is 1.88. The van der Waals surface area contributed by atoms with Crippen LogP contribution in [0.4, 0.5) is 0 Å². The van der Waals surface area contributed by atoms with Crippen molar-refractivity contribution in [1.29, 1.82) is 5.26 Å². The molecule has 0 aliphatic carbocycles. The van der Waals surface area contributed by atoms with Crippen molar-refractivity contribution in [3.05, 3.63) is 41.6 Å². The quantitative estimate of drug-likeness (QED) is 0.694. The van der Waals surface area contributed by atoms with Crippen LogP contribution in [0.25, 0.3) is 22.3 Å². The number of aromatic amines is 1. The Morgan fingerprint density at radius 1 is 1.26 bits per heavy atom. The lowest BCUT2D eigenvalue weighted by molar-refractivity contribution is 0.475. The third-order valence-corrected chi connectivity index (χ3v) is 3.11. The highest BCUT2D eigenvalue weighted by Crippen LogP contribution is 2.29. The first-order valence-electron chi connectivity index (χ1n) is 5.74. The molecule has 2 heterocycles. The van der Waals surface area contributed by atoms with Crippen LogP contribution in [0.1, 0.15) is 11.1 Å². The van der Waals surface area contributed by atoms with Crippen molar-refractivity contribution in [1.82, 2.24) is 15.2 Å². The Balaban J connectivity index is 2.34. The minimum atomic E-state index is 0.182. The van der Waals surface area contributed by atoms with Crippen LogP contribution >= 0.6 is 0 Å². The number of aryl methyl sites for hydroxylation is 1. The van der Waals surface area contributed by atoms with Gasteiger partial charge < -0.3 is 5.11 Å². The number of nitrogens with zero attached hydrogens (tertiary/aromatic N) is 3. The molecule has 0 atom stereocenters. The zero-order valence-electron chi connectivity index (χ0n) is 10.2. The van der Waals surface area contributed by atoms with Crippen molar-refractivity contribution in [2.45, 2.75) is 6.92 Å². The minimum Gasteiger partial charge on any atom is -0.508 e. The molecule has 0 fully saturated rings. The fourth-order valence-electron chi connectivity index (χ4n) is 2.08. The number of aromatic hydroxyl groups is 1. The normalized spacial score (nSPS) is 10.5. The van der Waals surface area contributed by atoms with Gasteiger partial charge in [-0.05, 0) is 36.8 Å². The van der Waals surface area contributed by atoms with Gasteiger partial charge >= 0.3 is 0 Å². The van der Waals surface area contributed by atoms with E-state index in [9.17, 15) is 10.4 Å². The lowest BCUT2D eigenvalue weighted by Gasteiger charge is -2.07. The molecule has 3 rings (SSSR count). The largest absolute Gasteiger partial charge is 0.508 e. The number of hydrogen-bond donors (Lipinski definition) is 2. The maximum atomic E-state index is 9.34. The molecule has 0 saturated carbocycles. The van der Waals surface area contributed by atoms with Crippen LogP contribution in [0.3, 0.4) is 0 Å². The summed E-state index contributed by atoms with van der Waals surface area (Å²) in [5, 5.41) is 26.3. The number of aromatic nitrogens is 3. The number of rotatable bonds is 1. The molecule has 5 nitrogen and oxygen atoms in total.